The number of hydrogen-bond acceptors (Lipinski definition) is 5. The van der Waals surface area contributed by atoms with Crippen molar-refractivity contribution in [3.05, 3.63) is 80.9 Å². The average molecular weight is 494 g/mol. The summed E-state index contributed by atoms with van der Waals surface area (Å²) in [6.45, 7) is 0.00821. The number of hydrazone groups is 1. The number of ether oxygens (including phenoxy) is 2. The van der Waals surface area contributed by atoms with E-state index < -0.39 is 0 Å². The molecule has 162 valence electrons. The van der Waals surface area contributed by atoms with Gasteiger partial charge in [0.15, 0.2) is 16.9 Å². The molecule has 7 nitrogen and oxygen atoms in total. The van der Waals surface area contributed by atoms with Crippen LogP contribution in [0, 0.1) is 0 Å². The number of rotatable bonds is 6. The summed E-state index contributed by atoms with van der Waals surface area (Å²) in [5, 5.41) is 5.21. The van der Waals surface area contributed by atoms with Crippen LogP contribution in [0.5, 0.6) is 11.5 Å². The van der Waals surface area contributed by atoms with Crippen LogP contribution in [0.2, 0.25) is 0 Å². The first-order valence-corrected chi connectivity index (χ1v) is 10.6. The smallest absolute Gasteiger partial charge is 0.260 e. The van der Waals surface area contributed by atoms with Crippen molar-refractivity contribution >= 4 is 49.9 Å². The summed E-state index contributed by atoms with van der Waals surface area (Å²) in [6, 6.07) is 18.1. The number of carbonyl (C=O) groups is 1. The molecule has 0 radical (unpaired) electrons. The van der Waals surface area contributed by atoms with Gasteiger partial charge in [0.2, 0.25) is 0 Å². The van der Waals surface area contributed by atoms with Crippen LogP contribution in [0.4, 0.5) is 0 Å². The van der Waals surface area contributed by atoms with Crippen molar-refractivity contribution in [3.8, 4) is 11.5 Å². The highest BCUT2D eigenvalue weighted by atomic mass is 79.9. The van der Waals surface area contributed by atoms with Crippen LogP contribution in [0.15, 0.2) is 75.0 Å². The normalized spacial score (nSPS) is 11.2. The monoisotopic (exact) mass is 493 g/mol. The maximum absolute atomic E-state index is 12.8. The Bertz CT molecular complexity index is 1350. The molecule has 0 unspecified atom stereocenters. The van der Waals surface area contributed by atoms with E-state index >= 15 is 0 Å². The number of halogens is 1. The topological polar surface area (TPSA) is 81.9 Å². The highest BCUT2D eigenvalue weighted by molar-refractivity contribution is 9.10. The first kappa shape index (κ1) is 21.6. The molecule has 1 aromatic heterocycles. The van der Waals surface area contributed by atoms with Crippen LogP contribution >= 0.6 is 15.9 Å². The molecule has 8 heteroatoms. The van der Waals surface area contributed by atoms with E-state index in [1.165, 1.54) is 6.21 Å². The van der Waals surface area contributed by atoms with Crippen LogP contribution in [-0.4, -0.2) is 30.9 Å². The molecule has 1 heterocycles. The molecule has 0 aliphatic rings. The van der Waals surface area contributed by atoms with Crippen molar-refractivity contribution in [2.75, 3.05) is 14.2 Å². The number of benzene rings is 3. The average Bonchev–Trinajstić information content (AvgIpc) is 2.81. The zero-order valence-electron chi connectivity index (χ0n) is 17.5. The number of fused-ring (bicyclic) bond motifs is 2. The number of amides is 1. The van der Waals surface area contributed by atoms with Gasteiger partial charge in [-0.05, 0) is 57.9 Å². The maximum atomic E-state index is 12.8. The molecule has 4 rings (SSSR count). The Morgan fingerprint density at radius 2 is 1.66 bits per heavy atom. The van der Waals surface area contributed by atoms with Gasteiger partial charge in [-0.2, -0.15) is 5.10 Å². The lowest BCUT2D eigenvalue weighted by Crippen LogP contribution is -2.25. The second-order valence-electron chi connectivity index (χ2n) is 6.98. The minimum absolute atomic E-state index is 0.00821. The van der Waals surface area contributed by atoms with Gasteiger partial charge in [-0.3, -0.25) is 9.59 Å². The summed E-state index contributed by atoms with van der Waals surface area (Å²) >= 11 is 3.43. The quantitative estimate of drug-likeness (QED) is 0.249. The SMILES string of the molecule is COc1cc(/C=N\NC(=O)Cn2c3ccccc3c(=O)c3ccccc32)cc(Br)c1OC. The maximum Gasteiger partial charge on any atom is 0.260 e. The first-order valence-electron chi connectivity index (χ1n) is 9.77. The molecule has 0 atom stereocenters. The number of nitrogens with zero attached hydrogens (tertiary/aromatic N) is 2. The molecular weight excluding hydrogens is 474 g/mol. The Balaban J connectivity index is 1.61. The van der Waals surface area contributed by atoms with Gasteiger partial charge in [0.25, 0.3) is 5.91 Å². The fraction of sp³-hybridized carbons (Fsp3) is 0.125. The standard InChI is InChI=1S/C24H20BrN3O4/c1-31-21-12-15(11-18(25)24(21)32-2)13-26-27-22(29)14-28-19-9-5-3-7-16(19)23(30)17-8-4-6-10-20(17)28/h3-13H,14H2,1-2H3,(H,27,29)/b26-13-. The lowest BCUT2D eigenvalue weighted by molar-refractivity contribution is -0.121. The zero-order chi connectivity index (χ0) is 22.7. The summed E-state index contributed by atoms with van der Waals surface area (Å²) in [5.74, 6) is 0.797. The molecule has 0 saturated heterocycles. The Morgan fingerprint density at radius 3 is 2.25 bits per heavy atom. The number of methoxy groups -OCH3 is 2. The summed E-state index contributed by atoms with van der Waals surface area (Å²) in [7, 11) is 3.10. The second kappa shape index (κ2) is 9.23. The van der Waals surface area contributed by atoms with Crippen molar-refractivity contribution in [2.24, 2.45) is 5.10 Å². The zero-order valence-corrected chi connectivity index (χ0v) is 19.0. The molecule has 0 aliphatic heterocycles. The van der Waals surface area contributed by atoms with Crippen LogP contribution in [0.3, 0.4) is 0 Å². The minimum Gasteiger partial charge on any atom is -0.493 e. The highest BCUT2D eigenvalue weighted by Gasteiger charge is 2.13. The largest absolute Gasteiger partial charge is 0.493 e. The fourth-order valence-electron chi connectivity index (χ4n) is 3.62. The van der Waals surface area contributed by atoms with Gasteiger partial charge in [0.1, 0.15) is 6.54 Å². The Kier molecular flexibility index (Phi) is 6.23. The number of aromatic nitrogens is 1. The lowest BCUT2D eigenvalue weighted by Gasteiger charge is -2.14. The van der Waals surface area contributed by atoms with E-state index in [2.05, 4.69) is 26.5 Å². The second-order valence-corrected chi connectivity index (χ2v) is 7.84. The molecule has 0 bridgehead atoms. The predicted molar refractivity (Wildman–Crippen MR) is 129 cm³/mol. The van der Waals surface area contributed by atoms with Gasteiger partial charge in [0, 0.05) is 10.8 Å². The van der Waals surface area contributed by atoms with Crippen molar-refractivity contribution < 1.29 is 14.3 Å². The fourth-order valence-corrected chi connectivity index (χ4v) is 4.24. The summed E-state index contributed by atoms with van der Waals surface area (Å²) in [6.07, 6.45) is 1.52. The number of para-hydroxylation sites is 2. The summed E-state index contributed by atoms with van der Waals surface area (Å²) < 4.78 is 13.2. The van der Waals surface area contributed by atoms with E-state index in [-0.39, 0.29) is 17.9 Å². The first-order chi connectivity index (χ1) is 15.5. The van der Waals surface area contributed by atoms with Crippen molar-refractivity contribution in [1.82, 2.24) is 9.99 Å². The van der Waals surface area contributed by atoms with Crippen LogP contribution in [-0.2, 0) is 11.3 Å². The third kappa shape index (κ3) is 4.09. The molecule has 1 N–H and O–H groups in total. The molecule has 0 spiro atoms. The summed E-state index contributed by atoms with van der Waals surface area (Å²) in [4.78, 5) is 25.5. The van der Waals surface area contributed by atoms with Crippen LogP contribution < -0.4 is 20.3 Å². The van der Waals surface area contributed by atoms with E-state index in [1.54, 1.807) is 38.5 Å². The van der Waals surface area contributed by atoms with Crippen molar-refractivity contribution in [2.45, 2.75) is 6.54 Å². The number of nitrogens with one attached hydrogen (secondary N) is 1. The number of carbonyl (C=O) groups excluding carboxylic acids is 1. The third-order valence-corrected chi connectivity index (χ3v) is 5.63. The third-order valence-electron chi connectivity index (χ3n) is 5.04. The van der Waals surface area contributed by atoms with E-state index in [1.807, 2.05) is 41.0 Å². The summed E-state index contributed by atoms with van der Waals surface area (Å²) in [5.41, 5.74) is 4.61. The number of hydrogen-bond donors (Lipinski definition) is 1. The van der Waals surface area contributed by atoms with Crippen LogP contribution in [0.25, 0.3) is 21.8 Å². The molecule has 3 aromatic carbocycles. The minimum atomic E-state index is -0.320. The van der Waals surface area contributed by atoms with Crippen LogP contribution in [0.1, 0.15) is 5.56 Å². The Morgan fingerprint density at radius 1 is 1.03 bits per heavy atom. The van der Waals surface area contributed by atoms with Crippen molar-refractivity contribution in [3.63, 3.8) is 0 Å². The van der Waals surface area contributed by atoms with E-state index in [0.29, 0.717) is 43.3 Å². The van der Waals surface area contributed by atoms with Gasteiger partial charge >= 0.3 is 0 Å². The van der Waals surface area contributed by atoms with Gasteiger partial charge in [-0.25, -0.2) is 5.43 Å². The highest BCUT2D eigenvalue weighted by Crippen LogP contribution is 2.35. The van der Waals surface area contributed by atoms with E-state index in [0.717, 1.165) is 0 Å². The molecule has 0 fully saturated rings. The van der Waals surface area contributed by atoms with Gasteiger partial charge in [0.05, 0.1) is 35.9 Å². The lowest BCUT2D eigenvalue weighted by atomic mass is 10.1. The molecule has 0 saturated carbocycles. The van der Waals surface area contributed by atoms with Gasteiger partial charge in [-0.15, -0.1) is 0 Å². The van der Waals surface area contributed by atoms with E-state index in [9.17, 15) is 9.59 Å². The molecular formula is C24H20BrN3O4. The van der Waals surface area contributed by atoms with Crippen molar-refractivity contribution in [1.29, 1.82) is 0 Å². The Labute approximate surface area is 192 Å². The van der Waals surface area contributed by atoms with E-state index in [4.69, 9.17) is 9.47 Å². The predicted octanol–water partition coefficient (Wildman–Crippen LogP) is 4.08. The molecule has 1 amide bonds. The van der Waals surface area contributed by atoms with Gasteiger partial charge < -0.3 is 14.0 Å². The molecule has 0 aliphatic carbocycles. The molecule has 4 aromatic rings. The molecule has 32 heavy (non-hydrogen) atoms. The Hall–Kier alpha value is -3.65. The number of pyridine rings is 1. The van der Waals surface area contributed by atoms with Gasteiger partial charge in [-0.1, -0.05) is 24.3 Å².